The molecule has 0 saturated carbocycles. The van der Waals surface area contributed by atoms with Crippen molar-refractivity contribution in [3.63, 3.8) is 0 Å². The van der Waals surface area contributed by atoms with Crippen molar-refractivity contribution < 1.29 is 8.78 Å². The van der Waals surface area contributed by atoms with Gasteiger partial charge < -0.3 is 0 Å². The molecular weight excluding hydrogens is 334 g/mol. The van der Waals surface area contributed by atoms with Gasteiger partial charge in [-0.15, -0.1) is 0 Å². The van der Waals surface area contributed by atoms with Gasteiger partial charge in [-0.1, -0.05) is 6.07 Å². The van der Waals surface area contributed by atoms with Crippen molar-refractivity contribution in [1.29, 1.82) is 0 Å². The summed E-state index contributed by atoms with van der Waals surface area (Å²) < 4.78 is 26.8. The van der Waals surface area contributed by atoms with Gasteiger partial charge in [-0.3, -0.25) is 15.1 Å². The predicted octanol–water partition coefficient (Wildman–Crippen LogP) is 4.39. The fraction of sp³-hybridized carbons (Fsp3) is 0.0500. The van der Waals surface area contributed by atoms with Gasteiger partial charge in [-0.05, 0) is 54.0 Å². The van der Waals surface area contributed by atoms with E-state index in [0.717, 1.165) is 33.9 Å². The minimum Gasteiger partial charge on any atom is -0.277 e. The number of aromatic amines is 1. The van der Waals surface area contributed by atoms with Crippen LogP contribution in [0.4, 0.5) is 8.78 Å². The standard InChI is InChI=1S/C20H14F2N4/c21-15-8-14(9-16(22)11-15)7-13-1-3-19-18(10-13)20(26-25-19)4-2-17-12-23-5-6-24-17/h1-6,8-12H,7H2,(H,25,26)/b4-2+. The van der Waals surface area contributed by atoms with E-state index in [1.807, 2.05) is 30.4 Å². The second-order valence-corrected chi connectivity index (χ2v) is 5.91. The van der Waals surface area contributed by atoms with Crippen LogP contribution in [0.25, 0.3) is 23.1 Å². The topological polar surface area (TPSA) is 54.5 Å². The zero-order chi connectivity index (χ0) is 17.9. The number of fused-ring (bicyclic) bond motifs is 1. The summed E-state index contributed by atoms with van der Waals surface area (Å²) in [5.74, 6) is -1.14. The zero-order valence-electron chi connectivity index (χ0n) is 13.7. The second-order valence-electron chi connectivity index (χ2n) is 5.91. The molecule has 0 aliphatic rings. The van der Waals surface area contributed by atoms with Crippen LogP contribution in [0.2, 0.25) is 0 Å². The van der Waals surface area contributed by atoms with Crippen LogP contribution in [0.3, 0.4) is 0 Å². The average Bonchev–Trinajstić information content (AvgIpc) is 3.02. The molecule has 0 fully saturated rings. The van der Waals surface area contributed by atoms with Crippen LogP contribution >= 0.6 is 0 Å². The third-order valence-electron chi connectivity index (χ3n) is 3.98. The maximum Gasteiger partial charge on any atom is 0.126 e. The molecular formula is C20H14F2N4. The molecule has 128 valence electrons. The monoisotopic (exact) mass is 348 g/mol. The van der Waals surface area contributed by atoms with Crippen LogP contribution in [0, 0.1) is 11.6 Å². The van der Waals surface area contributed by atoms with E-state index in [4.69, 9.17) is 0 Å². The van der Waals surface area contributed by atoms with Gasteiger partial charge in [-0.25, -0.2) is 8.78 Å². The van der Waals surface area contributed by atoms with Gasteiger partial charge in [0.05, 0.1) is 23.1 Å². The van der Waals surface area contributed by atoms with Crippen LogP contribution in [0.15, 0.2) is 55.0 Å². The van der Waals surface area contributed by atoms with Crippen LogP contribution in [-0.2, 0) is 6.42 Å². The summed E-state index contributed by atoms with van der Waals surface area (Å²) in [7, 11) is 0. The highest BCUT2D eigenvalue weighted by Crippen LogP contribution is 2.22. The van der Waals surface area contributed by atoms with Gasteiger partial charge in [0.2, 0.25) is 0 Å². The van der Waals surface area contributed by atoms with Gasteiger partial charge in [0.25, 0.3) is 0 Å². The summed E-state index contributed by atoms with van der Waals surface area (Å²) in [5.41, 5.74) is 3.91. The van der Waals surface area contributed by atoms with Crippen LogP contribution < -0.4 is 0 Å². The summed E-state index contributed by atoms with van der Waals surface area (Å²) in [4.78, 5) is 8.21. The Hall–Kier alpha value is -3.41. The van der Waals surface area contributed by atoms with E-state index in [1.165, 1.54) is 12.1 Å². The highest BCUT2D eigenvalue weighted by Gasteiger charge is 2.07. The van der Waals surface area contributed by atoms with Gasteiger partial charge in [0.1, 0.15) is 11.6 Å². The highest BCUT2D eigenvalue weighted by molar-refractivity contribution is 5.89. The van der Waals surface area contributed by atoms with Gasteiger partial charge >= 0.3 is 0 Å². The molecule has 2 aromatic heterocycles. The van der Waals surface area contributed by atoms with Crippen molar-refractivity contribution in [1.82, 2.24) is 20.2 Å². The van der Waals surface area contributed by atoms with E-state index >= 15 is 0 Å². The maximum absolute atomic E-state index is 13.4. The summed E-state index contributed by atoms with van der Waals surface area (Å²) in [6.07, 6.45) is 9.02. The Morgan fingerprint density at radius 1 is 0.923 bits per heavy atom. The third-order valence-corrected chi connectivity index (χ3v) is 3.98. The van der Waals surface area contributed by atoms with Crippen LogP contribution in [0.5, 0.6) is 0 Å². The smallest absolute Gasteiger partial charge is 0.126 e. The maximum atomic E-state index is 13.4. The Bertz CT molecular complexity index is 1070. The molecule has 0 amide bonds. The molecule has 0 atom stereocenters. The number of benzene rings is 2. The lowest BCUT2D eigenvalue weighted by Crippen LogP contribution is -1.91. The van der Waals surface area contributed by atoms with Gasteiger partial charge in [0, 0.05) is 23.8 Å². The molecule has 6 heteroatoms. The first-order valence-electron chi connectivity index (χ1n) is 8.03. The number of rotatable bonds is 4. The van der Waals surface area contributed by atoms with E-state index in [2.05, 4.69) is 20.2 Å². The first kappa shape index (κ1) is 16.1. The molecule has 0 saturated heterocycles. The lowest BCUT2D eigenvalue weighted by Gasteiger charge is -2.03. The molecule has 0 bridgehead atoms. The Morgan fingerprint density at radius 3 is 2.54 bits per heavy atom. The van der Waals surface area contributed by atoms with E-state index < -0.39 is 11.6 Å². The number of hydrogen-bond donors (Lipinski definition) is 1. The first-order valence-corrected chi connectivity index (χ1v) is 8.03. The Balaban J connectivity index is 1.65. The molecule has 2 heterocycles. The Labute approximate surface area is 148 Å². The quantitative estimate of drug-likeness (QED) is 0.595. The van der Waals surface area contributed by atoms with Crippen molar-refractivity contribution in [2.45, 2.75) is 6.42 Å². The van der Waals surface area contributed by atoms with E-state index in [1.54, 1.807) is 18.6 Å². The number of halogens is 2. The minimum absolute atomic E-state index is 0.434. The largest absolute Gasteiger partial charge is 0.277 e. The zero-order valence-corrected chi connectivity index (χ0v) is 13.7. The van der Waals surface area contributed by atoms with E-state index in [9.17, 15) is 8.78 Å². The SMILES string of the molecule is Fc1cc(F)cc(Cc2ccc3[nH]nc(/C=C/c4cnccn4)c3c2)c1. The summed E-state index contributed by atoms with van der Waals surface area (Å²) in [6.45, 7) is 0. The number of nitrogens with zero attached hydrogens (tertiary/aromatic N) is 3. The van der Waals surface area contributed by atoms with E-state index in [-0.39, 0.29) is 0 Å². The fourth-order valence-electron chi connectivity index (χ4n) is 2.83. The molecule has 2 aromatic carbocycles. The Kier molecular flexibility index (Phi) is 4.23. The number of H-pyrrole nitrogens is 1. The van der Waals surface area contributed by atoms with Crippen molar-refractivity contribution in [3.8, 4) is 0 Å². The molecule has 4 aromatic rings. The lowest BCUT2D eigenvalue weighted by atomic mass is 10.0. The number of hydrogen-bond acceptors (Lipinski definition) is 3. The molecule has 0 spiro atoms. The predicted molar refractivity (Wildman–Crippen MR) is 96.2 cm³/mol. The minimum atomic E-state index is -0.572. The van der Waals surface area contributed by atoms with E-state index in [0.29, 0.717) is 12.0 Å². The van der Waals surface area contributed by atoms with Crippen LogP contribution in [0.1, 0.15) is 22.5 Å². The summed E-state index contributed by atoms with van der Waals surface area (Å²) in [5, 5.41) is 8.21. The normalized spacial score (nSPS) is 11.5. The van der Waals surface area contributed by atoms with Crippen molar-refractivity contribution in [3.05, 3.63) is 89.1 Å². The number of aromatic nitrogens is 4. The van der Waals surface area contributed by atoms with Crippen molar-refractivity contribution >= 4 is 23.1 Å². The fourth-order valence-corrected chi connectivity index (χ4v) is 2.83. The highest BCUT2D eigenvalue weighted by atomic mass is 19.1. The molecule has 0 aliphatic carbocycles. The van der Waals surface area contributed by atoms with Crippen LogP contribution in [-0.4, -0.2) is 20.2 Å². The van der Waals surface area contributed by atoms with Crippen molar-refractivity contribution in [2.75, 3.05) is 0 Å². The summed E-state index contributed by atoms with van der Waals surface area (Å²) >= 11 is 0. The number of nitrogens with one attached hydrogen (secondary N) is 1. The molecule has 0 aliphatic heterocycles. The molecule has 1 N–H and O–H groups in total. The molecule has 0 unspecified atom stereocenters. The summed E-state index contributed by atoms with van der Waals surface area (Å²) in [6, 6.07) is 9.36. The Morgan fingerprint density at radius 2 is 1.77 bits per heavy atom. The molecule has 0 radical (unpaired) electrons. The average molecular weight is 348 g/mol. The molecule has 4 nitrogen and oxygen atoms in total. The van der Waals surface area contributed by atoms with Gasteiger partial charge in [-0.2, -0.15) is 5.10 Å². The second kappa shape index (κ2) is 6.84. The first-order chi connectivity index (χ1) is 12.7. The molecule has 26 heavy (non-hydrogen) atoms. The van der Waals surface area contributed by atoms with Crippen molar-refractivity contribution in [2.24, 2.45) is 0 Å². The lowest BCUT2D eigenvalue weighted by molar-refractivity contribution is 0.580. The van der Waals surface area contributed by atoms with Gasteiger partial charge in [0.15, 0.2) is 0 Å². The molecule has 4 rings (SSSR count). The third kappa shape index (κ3) is 3.49.